The SMILES string of the molecule is CSc1nc(=C(/C#N)C(=O)O)/c(=C/C(C)C)s1. The number of aliphatic carboxylic acids is 1. The quantitative estimate of drug-likeness (QED) is 0.830. The molecule has 0 saturated heterocycles. The van der Waals surface area contributed by atoms with Crippen molar-refractivity contribution in [1.82, 2.24) is 4.98 Å². The number of carboxylic acids is 1. The van der Waals surface area contributed by atoms with Crippen molar-refractivity contribution in [1.29, 1.82) is 5.26 Å². The van der Waals surface area contributed by atoms with Gasteiger partial charge in [-0.2, -0.15) is 5.26 Å². The molecule has 90 valence electrons. The number of aromatic nitrogens is 1. The first-order chi connectivity index (χ1) is 7.99. The number of carboxylic acid groups (broad SMARTS) is 1. The summed E-state index contributed by atoms with van der Waals surface area (Å²) in [4.78, 5) is 15.1. The van der Waals surface area contributed by atoms with Crippen LogP contribution in [0.5, 0.6) is 0 Å². The fraction of sp³-hybridized carbons (Fsp3) is 0.364. The fourth-order valence-corrected chi connectivity index (χ4v) is 2.89. The molecule has 1 rings (SSSR count). The minimum atomic E-state index is -1.23. The van der Waals surface area contributed by atoms with E-state index in [0.29, 0.717) is 0 Å². The number of rotatable bonds is 3. The molecule has 0 amide bonds. The monoisotopic (exact) mass is 268 g/mol. The van der Waals surface area contributed by atoms with E-state index in [0.717, 1.165) is 8.87 Å². The standard InChI is InChI=1S/C11H12N2O2S2/c1-6(2)4-8-9(7(5-12)10(14)15)13-11(16-3)17-8/h4,6H,1-3H3,(H,14,15)/b8-4-,9-7-. The first-order valence-electron chi connectivity index (χ1n) is 4.90. The summed E-state index contributed by atoms with van der Waals surface area (Å²) in [5.41, 5.74) is -0.298. The molecule has 1 heterocycles. The second-order valence-corrected chi connectivity index (χ2v) is 5.68. The highest BCUT2D eigenvalue weighted by Crippen LogP contribution is 2.12. The summed E-state index contributed by atoms with van der Waals surface area (Å²) in [6.07, 6.45) is 3.79. The van der Waals surface area contributed by atoms with Gasteiger partial charge in [-0.25, -0.2) is 9.78 Å². The summed E-state index contributed by atoms with van der Waals surface area (Å²) in [6, 6.07) is 1.70. The second kappa shape index (κ2) is 5.84. The van der Waals surface area contributed by atoms with Crippen molar-refractivity contribution in [2.24, 2.45) is 5.92 Å². The number of nitrogens with zero attached hydrogens (tertiary/aromatic N) is 2. The minimum Gasteiger partial charge on any atom is -0.477 e. The fourth-order valence-electron chi connectivity index (χ4n) is 1.20. The lowest BCUT2D eigenvalue weighted by molar-refractivity contribution is -0.130. The van der Waals surface area contributed by atoms with Gasteiger partial charge in [-0.3, -0.25) is 0 Å². The van der Waals surface area contributed by atoms with E-state index in [4.69, 9.17) is 10.4 Å². The van der Waals surface area contributed by atoms with Crippen molar-refractivity contribution >= 4 is 40.7 Å². The molecule has 1 aromatic heterocycles. The molecule has 6 heteroatoms. The maximum atomic E-state index is 11.0. The molecule has 0 aliphatic rings. The van der Waals surface area contributed by atoms with Crippen LogP contribution in [0.25, 0.3) is 11.6 Å². The van der Waals surface area contributed by atoms with E-state index in [2.05, 4.69) is 4.98 Å². The van der Waals surface area contributed by atoms with Crippen LogP contribution in [0.4, 0.5) is 0 Å². The van der Waals surface area contributed by atoms with Crippen molar-refractivity contribution in [2.45, 2.75) is 18.2 Å². The lowest BCUT2D eigenvalue weighted by Crippen LogP contribution is -2.27. The van der Waals surface area contributed by atoms with E-state index in [1.807, 2.05) is 26.2 Å². The molecule has 0 aliphatic carbocycles. The van der Waals surface area contributed by atoms with Gasteiger partial charge in [-0.1, -0.05) is 31.7 Å². The van der Waals surface area contributed by atoms with Gasteiger partial charge in [0.05, 0.1) is 4.53 Å². The predicted molar refractivity (Wildman–Crippen MR) is 69.1 cm³/mol. The number of thioether (sulfide) groups is 1. The van der Waals surface area contributed by atoms with E-state index in [1.54, 1.807) is 6.07 Å². The number of thiazole rings is 1. The zero-order chi connectivity index (χ0) is 13.0. The van der Waals surface area contributed by atoms with Crippen LogP contribution in [0.15, 0.2) is 4.34 Å². The van der Waals surface area contributed by atoms with Gasteiger partial charge in [0.15, 0.2) is 9.91 Å². The molecule has 4 nitrogen and oxygen atoms in total. The number of hydrogen-bond acceptors (Lipinski definition) is 5. The number of nitriles is 1. The van der Waals surface area contributed by atoms with Gasteiger partial charge in [0.1, 0.15) is 11.4 Å². The maximum absolute atomic E-state index is 11.0. The van der Waals surface area contributed by atoms with Crippen LogP contribution in [-0.2, 0) is 4.79 Å². The summed E-state index contributed by atoms with van der Waals surface area (Å²) in [6.45, 7) is 3.99. The van der Waals surface area contributed by atoms with Crippen LogP contribution in [0, 0.1) is 17.2 Å². The third kappa shape index (κ3) is 3.32. The zero-order valence-corrected chi connectivity index (χ0v) is 11.4. The normalized spacial score (nSPS) is 13.7. The van der Waals surface area contributed by atoms with Gasteiger partial charge in [0.2, 0.25) is 0 Å². The summed E-state index contributed by atoms with van der Waals surface area (Å²) in [5.74, 6) is -0.957. The molecule has 0 spiro atoms. The van der Waals surface area contributed by atoms with Crippen molar-refractivity contribution in [3.63, 3.8) is 0 Å². The van der Waals surface area contributed by atoms with Crippen LogP contribution >= 0.6 is 23.1 Å². The van der Waals surface area contributed by atoms with Crippen LogP contribution in [0.2, 0.25) is 0 Å². The third-order valence-electron chi connectivity index (χ3n) is 1.86. The van der Waals surface area contributed by atoms with E-state index < -0.39 is 5.97 Å². The number of hydrogen-bond donors (Lipinski definition) is 1. The molecule has 0 radical (unpaired) electrons. The van der Waals surface area contributed by atoms with Crippen molar-refractivity contribution in [3.05, 3.63) is 9.88 Å². The lowest BCUT2D eigenvalue weighted by Gasteiger charge is -1.90. The molecule has 0 aliphatic heterocycles. The Morgan fingerprint density at radius 2 is 2.29 bits per heavy atom. The molecule has 0 atom stereocenters. The van der Waals surface area contributed by atoms with Crippen LogP contribution in [-0.4, -0.2) is 22.3 Å². The Bertz CT molecular complexity index is 582. The highest BCUT2D eigenvalue weighted by molar-refractivity contribution is 8.00. The third-order valence-corrected chi connectivity index (χ3v) is 3.86. The average molecular weight is 268 g/mol. The molecule has 0 bridgehead atoms. The predicted octanol–water partition coefficient (Wildman–Crippen LogP) is 1.06. The molecule has 0 unspecified atom stereocenters. The largest absolute Gasteiger partial charge is 0.477 e. The Morgan fingerprint density at radius 1 is 1.65 bits per heavy atom. The molecule has 0 saturated carbocycles. The average Bonchev–Trinajstić information content (AvgIpc) is 2.61. The lowest BCUT2D eigenvalue weighted by atomic mass is 10.2. The van der Waals surface area contributed by atoms with E-state index in [-0.39, 0.29) is 16.8 Å². The topological polar surface area (TPSA) is 74.0 Å². The van der Waals surface area contributed by atoms with Gasteiger partial charge in [0, 0.05) is 0 Å². The van der Waals surface area contributed by atoms with Gasteiger partial charge in [0.25, 0.3) is 0 Å². The van der Waals surface area contributed by atoms with E-state index >= 15 is 0 Å². The number of carbonyl (C=O) groups is 1. The molecule has 17 heavy (non-hydrogen) atoms. The summed E-state index contributed by atoms with van der Waals surface area (Å²) >= 11 is 2.85. The molecular weight excluding hydrogens is 256 g/mol. The summed E-state index contributed by atoms with van der Waals surface area (Å²) < 4.78 is 1.52. The zero-order valence-electron chi connectivity index (χ0n) is 9.72. The molecule has 1 N–H and O–H groups in total. The molecule has 1 aromatic rings. The van der Waals surface area contributed by atoms with Crippen molar-refractivity contribution < 1.29 is 9.90 Å². The molecule has 0 fully saturated rings. The van der Waals surface area contributed by atoms with Gasteiger partial charge in [-0.05, 0) is 12.2 Å². The van der Waals surface area contributed by atoms with Gasteiger partial charge >= 0.3 is 5.97 Å². The van der Waals surface area contributed by atoms with E-state index in [1.165, 1.54) is 23.1 Å². The van der Waals surface area contributed by atoms with Crippen molar-refractivity contribution in [2.75, 3.05) is 6.26 Å². The van der Waals surface area contributed by atoms with Crippen LogP contribution in [0.1, 0.15) is 13.8 Å². The van der Waals surface area contributed by atoms with E-state index in [9.17, 15) is 4.79 Å². The van der Waals surface area contributed by atoms with Crippen LogP contribution < -0.4 is 9.88 Å². The Kier molecular flexibility index (Phi) is 4.73. The highest BCUT2D eigenvalue weighted by Gasteiger charge is 2.11. The maximum Gasteiger partial charge on any atom is 0.348 e. The molecular formula is C11H12N2O2S2. The minimum absolute atomic E-state index is 0.276. The van der Waals surface area contributed by atoms with Gasteiger partial charge in [-0.15, -0.1) is 11.3 Å². The molecule has 0 aromatic carbocycles. The Balaban J connectivity index is 3.69. The smallest absolute Gasteiger partial charge is 0.348 e. The Morgan fingerprint density at radius 3 is 2.71 bits per heavy atom. The Hall–Kier alpha value is -1.32. The first-order valence-corrected chi connectivity index (χ1v) is 6.94. The first kappa shape index (κ1) is 13.7. The second-order valence-electron chi connectivity index (χ2n) is 3.60. The summed E-state index contributed by atoms with van der Waals surface area (Å²) in [7, 11) is 0. The van der Waals surface area contributed by atoms with Crippen molar-refractivity contribution in [3.8, 4) is 6.07 Å². The highest BCUT2D eigenvalue weighted by atomic mass is 32.2. The summed E-state index contributed by atoms with van der Waals surface area (Å²) in [5, 5.41) is 18.1. The Labute approximate surface area is 107 Å². The van der Waals surface area contributed by atoms with Gasteiger partial charge < -0.3 is 5.11 Å². The van der Waals surface area contributed by atoms with Crippen LogP contribution in [0.3, 0.4) is 0 Å².